The Morgan fingerprint density at radius 3 is 2.42 bits per heavy atom. The van der Waals surface area contributed by atoms with Gasteiger partial charge in [-0.2, -0.15) is 4.98 Å². The van der Waals surface area contributed by atoms with Gasteiger partial charge in [-0.25, -0.2) is 0 Å². The van der Waals surface area contributed by atoms with Gasteiger partial charge in [0.25, 0.3) is 0 Å². The van der Waals surface area contributed by atoms with Crippen LogP contribution in [-0.4, -0.2) is 19.2 Å². The average Bonchev–Trinajstić information content (AvgIpc) is 2.47. The van der Waals surface area contributed by atoms with E-state index in [9.17, 15) is 0 Å². The molecular formula is C14H17N3O2. The van der Waals surface area contributed by atoms with E-state index in [4.69, 9.17) is 15.2 Å². The summed E-state index contributed by atoms with van der Waals surface area (Å²) in [5.41, 5.74) is 7.37. The number of nitrogen functional groups attached to an aromatic ring is 1. The summed E-state index contributed by atoms with van der Waals surface area (Å²) in [4.78, 5) is 4.26. The van der Waals surface area contributed by atoms with Gasteiger partial charge >= 0.3 is 0 Å². The van der Waals surface area contributed by atoms with Crippen molar-refractivity contribution in [2.75, 3.05) is 25.3 Å². The second kappa shape index (κ2) is 5.95. The number of rotatable bonds is 5. The molecule has 1 aromatic heterocycles. The van der Waals surface area contributed by atoms with Crippen LogP contribution in [-0.2, 0) is 6.54 Å². The lowest BCUT2D eigenvalue weighted by atomic mass is 10.2. The molecule has 0 aliphatic rings. The molecule has 3 N–H and O–H groups in total. The van der Waals surface area contributed by atoms with E-state index in [1.54, 1.807) is 20.3 Å². The van der Waals surface area contributed by atoms with E-state index in [1.165, 1.54) is 0 Å². The lowest BCUT2D eigenvalue weighted by molar-refractivity contribution is 0.401. The number of anilines is 2. The summed E-state index contributed by atoms with van der Waals surface area (Å²) in [6.45, 7) is 0.671. The maximum atomic E-state index is 5.71. The number of pyridine rings is 1. The van der Waals surface area contributed by atoms with Crippen LogP contribution in [0.2, 0.25) is 0 Å². The van der Waals surface area contributed by atoms with Crippen molar-refractivity contribution in [3.05, 3.63) is 42.0 Å². The van der Waals surface area contributed by atoms with E-state index < -0.39 is 0 Å². The molecule has 1 heterocycles. The van der Waals surface area contributed by atoms with Gasteiger partial charge in [-0.1, -0.05) is 12.1 Å². The Morgan fingerprint density at radius 1 is 1.05 bits per heavy atom. The fraction of sp³-hybridized carbons (Fsp3) is 0.214. The van der Waals surface area contributed by atoms with Gasteiger partial charge in [0.1, 0.15) is 11.6 Å². The summed E-state index contributed by atoms with van der Waals surface area (Å²) in [6.07, 6.45) is 0. The number of methoxy groups -OCH3 is 2. The summed E-state index contributed by atoms with van der Waals surface area (Å²) in [7, 11) is 3.20. The van der Waals surface area contributed by atoms with Gasteiger partial charge < -0.3 is 20.5 Å². The third-order valence-corrected chi connectivity index (χ3v) is 2.72. The maximum absolute atomic E-state index is 5.71. The third-order valence-electron chi connectivity index (χ3n) is 2.72. The van der Waals surface area contributed by atoms with Crippen molar-refractivity contribution >= 4 is 11.5 Å². The highest BCUT2D eigenvalue weighted by molar-refractivity contribution is 5.53. The van der Waals surface area contributed by atoms with Gasteiger partial charge in [-0.05, 0) is 29.8 Å². The third kappa shape index (κ3) is 3.28. The van der Waals surface area contributed by atoms with Crippen LogP contribution < -0.4 is 20.5 Å². The molecule has 0 saturated heterocycles. The van der Waals surface area contributed by atoms with Crippen molar-refractivity contribution in [2.45, 2.75) is 6.54 Å². The van der Waals surface area contributed by atoms with E-state index in [1.807, 2.05) is 30.3 Å². The highest BCUT2D eigenvalue weighted by Crippen LogP contribution is 2.20. The highest BCUT2D eigenvalue weighted by Gasteiger charge is 2.02. The van der Waals surface area contributed by atoms with E-state index in [-0.39, 0.29) is 0 Å². The molecule has 0 saturated carbocycles. The summed E-state index contributed by atoms with van der Waals surface area (Å²) in [6, 6.07) is 11.4. The largest absolute Gasteiger partial charge is 0.497 e. The van der Waals surface area contributed by atoms with E-state index in [0.717, 1.165) is 17.1 Å². The molecule has 0 fully saturated rings. The molecule has 2 rings (SSSR count). The molecule has 2 aromatic rings. The van der Waals surface area contributed by atoms with Crippen molar-refractivity contribution in [3.63, 3.8) is 0 Å². The second-order valence-electron chi connectivity index (χ2n) is 4.00. The minimum absolute atomic E-state index is 0.430. The lowest BCUT2D eigenvalue weighted by Crippen LogP contribution is -2.03. The van der Waals surface area contributed by atoms with Crippen LogP contribution in [0.3, 0.4) is 0 Å². The quantitative estimate of drug-likeness (QED) is 0.862. The van der Waals surface area contributed by atoms with Gasteiger partial charge in [0.2, 0.25) is 5.88 Å². The number of ether oxygens (including phenoxy) is 2. The number of nitrogens with two attached hydrogens (primary N) is 1. The van der Waals surface area contributed by atoms with Crippen molar-refractivity contribution in [2.24, 2.45) is 0 Å². The molecule has 0 bridgehead atoms. The summed E-state index contributed by atoms with van der Waals surface area (Å²) < 4.78 is 10.2. The fourth-order valence-electron chi connectivity index (χ4n) is 1.65. The van der Waals surface area contributed by atoms with Gasteiger partial charge in [-0.3, -0.25) is 0 Å². The molecule has 1 aromatic carbocycles. The number of benzene rings is 1. The summed E-state index contributed by atoms with van der Waals surface area (Å²) >= 11 is 0. The maximum Gasteiger partial charge on any atom is 0.238 e. The molecule has 0 unspecified atom stereocenters. The first kappa shape index (κ1) is 13.0. The lowest BCUT2D eigenvalue weighted by Gasteiger charge is -2.09. The Hall–Kier alpha value is -2.43. The smallest absolute Gasteiger partial charge is 0.238 e. The minimum Gasteiger partial charge on any atom is -0.497 e. The molecule has 0 aliphatic heterocycles. The van der Waals surface area contributed by atoms with Crippen LogP contribution in [0.15, 0.2) is 36.4 Å². The Kier molecular flexibility index (Phi) is 4.07. The monoisotopic (exact) mass is 259 g/mol. The number of hydrogen-bond donors (Lipinski definition) is 2. The first-order valence-corrected chi connectivity index (χ1v) is 5.90. The standard InChI is InChI=1S/C14H17N3O2/c1-18-11-5-3-10(4-6-11)9-16-13-8-7-12(15)14(17-13)19-2/h3-8H,9,15H2,1-2H3,(H,16,17). The van der Waals surface area contributed by atoms with E-state index in [0.29, 0.717) is 18.1 Å². The molecule has 0 amide bonds. The molecule has 5 nitrogen and oxygen atoms in total. The minimum atomic E-state index is 0.430. The van der Waals surface area contributed by atoms with Crippen molar-refractivity contribution in [1.29, 1.82) is 0 Å². The van der Waals surface area contributed by atoms with Gasteiger partial charge in [0, 0.05) is 6.54 Å². The van der Waals surface area contributed by atoms with Crippen LogP contribution in [0, 0.1) is 0 Å². The number of nitrogens with zero attached hydrogens (tertiary/aromatic N) is 1. The SMILES string of the molecule is COc1ccc(CNc2ccc(N)c(OC)n2)cc1. The molecule has 19 heavy (non-hydrogen) atoms. The first-order valence-electron chi connectivity index (χ1n) is 5.90. The summed E-state index contributed by atoms with van der Waals surface area (Å²) in [5, 5.41) is 3.21. The van der Waals surface area contributed by atoms with E-state index in [2.05, 4.69) is 10.3 Å². The van der Waals surface area contributed by atoms with Crippen LogP contribution in [0.5, 0.6) is 11.6 Å². The van der Waals surface area contributed by atoms with Crippen LogP contribution >= 0.6 is 0 Å². The molecule has 5 heteroatoms. The Bertz CT molecular complexity index is 541. The van der Waals surface area contributed by atoms with Crippen molar-refractivity contribution in [1.82, 2.24) is 4.98 Å². The van der Waals surface area contributed by atoms with Crippen LogP contribution in [0.25, 0.3) is 0 Å². The number of hydrogen-bond acceptors (Lipinski definition) is 5. The van der Waals surface area contributed by atoms with Gasteiger partial charge in [-0.15, -0.1) is 0 Å². The van der Waals surface area contributed by atoms with Gasteiger partial charge in [0.15, 0.2) is 0 Å². The Balaban J connectivity index is 2.01. The number of nitrogens with one attached hydrogen (secondary N) is 1. The van der Waals surface area contributed by atoms with Crippen LogP contribution in [0.4, 0.5) is 11.5 Å². The zero-order valence-corrected chi connectivity index (χ0v) is 11.0. The predicted molar refractivity (Wildman–Crippen MR) is 75.5 cm³/mol. The predicted octanol–water partition coefficient (Wildman–Crippen LogP) is 2.29. The zero-order valence-electron chi connectivity index (χ0n) is 11.0. The highest BCUT2D eigenvalue weighted by atomic mass is 16.5. The van der Waals surface area contributed by atoms with Gasteiger partial charge in [0.05, 0.1) is 19.9 Å². The number of aromatic nitrogens is 1. The Labute approximate surface area is 112 Å². The molecule has 0 spiro atoms. The normalized spacial score (nSPS) is 10.0. The Morgan fingerprint density at radius 2 is 1.79 bits per heavy atom. The molecule has 0 aliphatic carbocycles. The second-order valence-corrected chi connectivity index (χ2v) is 4.00. The van der Waals surface area contributed by atoms with Crippen molar-refractivity contribution in [3.8, 4) is 11.6 Å². The molecule has 0 atom stereocenters. The van der Waals surface area contributed by atoms with Crippen LogP contribution in [0.1, 0.15) is 5.56 Å². The summed E-state index contributed by atoms with van der Waals surface area (Å²) in [5.74, 6) is 2.00. The molecular weight excluding hydrogens is 242 g/mol. The van der Waals surface area contributed by atoms with Crippen molar-refractivity contribution < 1.29 is 9.47 Å². The first-order chi connectivity index (χ1) is 9.22. The fourth-order valence-corrected chi connectivity index (χ4v) is 1.65. The zero-order chi connectivity index (χ0) is 13.7. The van der Waals surface area contributed by atoms with E-state index >= 15 is 0 Å². The molecule has 0 radical (unpaired) electrons. The molecule has 100 valence electrons. The topological polar surface area (TPSA) is 69.4 Å². The average molecular weight is 259 g/mol.